The van der Waals surface area contributed by atoms with E-state index < -0.39 is 0 Å². The van der Waals surface area contributed by atoms with Crippen LogP contribution in [0, 0.1) is 0 Å². The van der Waals surface area contributed by atoms with Gasteiger partial charge in [-0.1, -0.05) is 64.5 Å². The molecule has 0 aliphatic carbocycles. The Labute approximate surface area is 171 Å². The normalized spacial score (nSPS) is 11.2. The van der Waals surface area contributed by atoms with Gasteiger partial charge < -0.3 is 4.74 Å². The topological polar surface area (TPSA) is 27.1 Å². The third-order valence-corrected chi connectivity index (χ3v) is 5.32. The van der Waals surface area contributed by atoms with E-state index in [1.165, 1.54) is 10.8 Å². The van der Waals surface area contributed by atoms with Crippen molar-refractivity contribution in [3.63, 3.8) is 0 Å². The Morgan fingerprint density at radius 2 is 1.57 bits per heavy atom. The average molecular weight is 429 g/mol. The Morgan fingerprint density at radius 3 is 2.43 bits per heavy atom. The molecule has 4 heteroatoms. The van der Waals surface area contributed by atoms with Crippen molar-refractivity contribution in [2.24, 2.45) is 0 Å². The second-order valence-corrected chi connectivity index (χ2v) is 7.55. The van der Waals surface area contributed by atoms with Crippen LogP contribution in [0.1, 0.15) is 5.56 Å². The molecule has 3 nitrogen and oxygen atoms in total. The summed E-state index contributed by atoms with van der Waals surface area (Å²) < 4.78 is 9.25. The summed E-state index contributed by atoms with van der Waals surface area (Å²) in [5.74, 6) is 1.72. The largest absolute Gasteiger partial charge is 0.489 e. The van der Waals surface area contributed by atoms with Gasteiger partial charge in [-0.2, -0.15) is 0 Å². The first-order chi connectivity index (χ1) is 13.8. The number of benzene rings is 3. The molecule has 2 heterocycles. The molecule has 0 unspecified atom stereocenters. The molecule has 0 fully saturated rings. The quantitative estimate of drug-likeness (QED) is 0.325. The van der Waals surface area contributed by atoms with Gasteiger partial charge in [-0.25, -0.2) is 4.98 Å². The predicted molar refractivity (Wildman–Crippen MR) is 117 cm³/mol. The summed E-state index contributed by atoms with van der Waals surface area (Å²) in [4.78, 5) is 4.60. The lowest BCUT2D eigenvalue weighted by Crippen LogP contribution is -1.98. The molecule has 0 atom stereocenters. The van der Waals surface area contributed by atoms with Gasteiger partial charge in [0.05, 0.1) is 11.0 Å². The fourth-order valence-electron chi connectivity index (χ4n) is 3.54. The van der Waals surface area contributed by atoms with Gasteiger partial charge in [0.25, 0.3) is 0 Å². The minimum Gasteiger partial charge on any atom is -0.489 e. The molecule has 0 spiro atoms. The lowest BCUT2D eigenvalue weighted by molar-refractivity contribution is 0.306. The molecule has 0 aliphatic rings. The summed E-state index contributed by atoms with van der Waals surface area (Å²) in [6, 6.07) is 28.8. The zero-order valence-corrected chi connectivity index (χ0v) is 16.6. The average Bonchev–Trinajstić information content (AvgIpc) is 3.07. The van der Waals surface area contributed by atoms with Crippen LogP contribution in [0.3, 0.4) is 0 Å². The zero-order valence-electron chi connectivity index (χ0n) is 15.0. The Hall–Kier alpha value is -3.11. The van der Waals surface area contributed by atoms with E-state index in [4.69, 9.17) is 4.74 Å². The minimum atomic E-state index is 0.543. The van der Waals surface area contributed by atoms with E-state index in [-0.39, 0.29) is 0 Å². The van der Waals surface area contributed by atoms with Crippen LogP contribution in [0.4, 0.5) is 0 Å². The molecule has 0 saturated carbocycles. The van der Waals surface area contributed by atoms with Crippen molar-refractivity contribution in [3.8, 4) is 11.6 Å². The van der Waals surface area contributed by atoms with Gasteiger partial charge in [0, 0.05) is 27.5 Å². The molecule has 3 aromatic carbocycles. The number of rotatable bonds is 4. The highest BCUT2D eigenvalue weighted by Crippen LogP contribution is 2.34. The van der Waals surface area contributed by atoms with Crippen LogP contribution in [0.15, 0.2) is 95.6 Å². The van der Waals surface area contributed by atoms with Gasteiger partial charge in [0.1, 0.15) is 18.2 Å². The summed E-state index contributed by atoms with van der Waals surface area (Å²) in [7, 11) is 0. The molecular formula is C24H17BrN2O. The van der Waals surface area contributed by atoms with Gasteiger partial charge in [-0.3, -0.25) is 4.57 Å². The number of para-hydroxylation sites is 1. The van der Waals surface area contributed by atoms with Crippen LogP contribution in [0.2, 0.25) is 0 Å². The van der Waals surface area contributed by atoms with E-state index in [0.717, 1.165) is 32.6 Å². The fraction of sp³-hybridized carbons (Fsp3) is 0.0417. The summed E-state index contributed by atoms with van der Waals surface area (Å²) >= 11 is 3.56. The van der Waals surface area contributed by atoms with Crippen LogP contribution < -0.4 is 4.74 Å². The van der Waals surface area contributed by atoms with E-state index >= 15 is 0 Å². The number of halogens is 1. The first-order valence-electron chi connectivity index (χ1n) is 9.11. The highest BCUT2D eigenvalue weighted by molar-refractivity contribution is 9.10. The van der Waals surface area contributed by atoms with Crippen LogP contribution in [-0.2, 0) is 6.61 Å². The lowest BCUT2D eigenvalue weighted by atomic mass is 10.1. The number of pyridine rings is 1. The number of fused-ring (bicyclic) bond motifs is 3. The van der Waals surface area contributed by atoms with Crippen molar-refractivity contribution < 1.29 is 4.74 Å². The monoisotopic (exact) mass is 428 g/mol. The molecule has 5 aromatic rings. The van der Waals surface area contributed by atoms with Crippen molar-refractivity contribution in [1.82, 2.24) is 9.55 Å². The van der Waals surface area contributed by atoms with Crippen molar-refractivity contribution >= 4 is 37.7 Å². The van der Waals surface area contributed by atoms with E-state index in [1.807, 2.05) is 42.6 Å². The van der Waals surface area contributed by atoms with Crippen LogP contribution in [0.5, 0.6) is 5.75 Å². The second kappa shape index (κ2) is 7.13. The van der Waals surface area contributed by atoms with E-state index in [9.17, 15) is 0 Å². The SMILES string of the molecule is Brc1ccnc(-n2c3ccccc3c3ccc(OCc4ccccc4)cc32)c1. The Bertz CT molecular complexity index is 1280. The summed E-state index contributed by atoms with van der Waals surface area (Å²) in [6.45, 7) is 0.543. The first kappa shape index (κ1) is 17.0. The van der Waals surface area contributed by atoms with Gasteiger partial charge in [-0.05, 0) is 35.9 Å². The molecule has 0 saturated heterocycles. The van der Waals surface area contributed by atoms with E-state index in [0.29, 0.717) is 6.61 Å². The highest BCUT2D eigenvalue weighted by atomic mass is 79.9. The van der Waals surface area contributed by atoms with Crippen molar-refractivity contribution in [1.29, 1.82) is 0 Å². The second-order valence-electron chi connectivity index (χ2n) is 6.64. The van der Waals surface area contributed by atoms with Gasteiger partial charge >= 0.3 is 0 Å². The third kappa shape index (κ3) is 3.06. The number of ether oxygens (including phenoxy) is 1. The maximum Gasteiger partial charge on any atom is 0.138 e. The molecule has 0 radical (unpaired) electrons. The third-order valence-electron chi connectivity index (χ3n) is 4.83. The van der Waals surface area contributed by atoms with Crippen molar-refractivity contribution in [2.75, 3.05) is 0 Å². The molecule has 136 valence electrons. The molecule has 0 aliphatic heterocycles. The number of hydrogen-bond donors (Lipinski definition) is 0. The maximum atomic E-state index is 6.07. The smallest absolute Gasteiger partial charge is 0.138 e. The maximum absolute atomic E-state index is 6.07. The number of aromatic nitrogens is 2. The lowest BCUT2D eigenvalue weighted by Gasteiger charge is -2.09. The summed E-state index contributed by atoms with van der Waals surface area (Å²) in [5.41, 5.74) is 3.36. The Morgan fingerprint density at radius 1 is 0.786 bits per heavy atom. The van der Waals surface area contributed by atoms with Crippen LogP contribution >= 0.6 is 15.9 Å². The van der Waals surface area contributed by atoms with Crippen LogP contribution in [-0.4, -0.2) is 9.55 Å². The Kier molecular flexibility index (Phi) is 4.34. The van der Waals surface area contributed by atoms with Crippen molar-refractivity contribution in [2.45, 2.75) is 6.61 Å². The first-order valence-corrected chi connectivity index (χ1v) is 9.91. The standard InChI is InChI=1S/C24H17BrN2O/c25-18-12-13-26-24(14-18)27-22-9-5-4-8-20(22)21-11-10-19(15-23(21)27)28-16-17-6-2-1-3-7-17/h1-15H,16H2. The summed E-state index contributed by atoms with van der Waals surface area (Å²) in [6.07, 6.45) is 1.82. The number of nitrogens with zero attached hydrogens (tertiary/aromatic N) is 2. The molecule has 5 rings (SSSR count). The molecule has 0 N–H and O–H groups in total. The number of hydrogen-bond acceptors (Lipinski definition) is 2. The Balaban J connectivity index is 1.65. The highest BCUT2D eigenvalue weighted by Gasteiger charge is 2.13. The van der Waals surface area contributed by atoms with E-state index in [1.54, 1.807) is 0 Å². The molecule has 0 amide bonds. The fourth-order valence-corrected chi connectivity index (χ4v) is 3.87. The zero-order chi connectivity index (χ0) is 18.9. The molecular weight excluding hydrogens is 412 g/mol. The van der Waals surface area contributed by atoms with Gasteiger partial charge in [-0.15, -0.1) is 0 Å². The molecule has 0 bridgehead atoms. The predicted octanol–water partition coefficient (Wildman–Crippen LogP) is 6.52. The summed E-state index contributed by atoms with van der Waals surface area (Å²) in [5, 5.41) is 2.39. The van der Waals surface area contributed by atoms with Gasteiger partial charge in [0.2, 0.25) is 0 Å². The van der Waals surface area contributed by atoms with Gasteiger partial charge in [0.15, 0.2) is 0 Å². The molecule has 2 aromatic heterocycles. The van der Waals surface area contributed by atoms with Crippen LogP contribution in [0.25, 0.3) is 27.6 Å². The minimum absolute atomic E-state index is 0.543. The van der Waals surface area contributed by atoms with Crippen molar-refractivity contribution in [3.05, 3.63) is 101 Å². The molecule has 28 heavy (non-hydrogen) atoms. The van der Waals surface area contributed by atoms with E-state index in [2.05, 4.69) is 74.0 Å².